The van der Waals surface area contributed by atoms with Crippen LogP contribution < -0.4 is 25.8 Å². The average molecular weight is 472 g/mol. The molecule has 34 heavy (non-hydrogen) atoms. The first-order valence-corrected chi connectivity index (χ1v) is 10.9. The van der Waals surface area contributed by atoms with Crippen molar-refractivity contribution < 1.29 is 23.0 Å². The number of alkyl halides is 2. The number of methoxy groups -OCH3 is 2. The first-order valence-electron chi connectivity index (χ1n) is 10.9. The SMILES string of the molecule is COc1ccc(C2CC(C(F)F)n3nc(-c4ccc(C(=O)NCCN)cc4)cc3N2)cc1OC. The zero-order valence-electron chi connectivity index (χ0n) is 18.9. The lowest BCUT2D eigenvalue weighted by Crippen LogP contribution is -2.30. The quantitative estimate of drug-likeness (QED) is 0.464. The normalized spacial score (nSPS) is 17.1. The van der Waals surface area contributed by atoms with E-state index >= 15 is 0 Å². The van der Waals surface area contributed by atoms with E-state index in [4.69, 9.17) is 15.2 Å². The Kier molecular flexibility index (Phi) is 6.97. The molecule has 8 nitrogen and oxygen atoms in total. The number of rotatable bonds is 8. The summed E-state index contributed by atoms with van der Waals surface area (Å²) in [6.07, 6.45) is -2.44. The molecule has 0 spiro atoms. The highest BCUT2D eigenvalue weighted by Crippen LogP contribution is 2.41. The highest BCUT2D eigenvalue weighted by molar-refractivity contribution is 5.94. The molecule has 2 atom stereocenters. The molecule has 2 unspecified atom stereocenters. The molecule has 0 saturated heterocycles. The first kappa shape index (κ1) is 23.5. The Balaban J connectivity index is 1.61. The van der Waals surface area contributed by atoms with Crippen LogP contribution in [-0.4, -0.2) is 49.4 Å². The summed E-state index contributed by atoms with van der Waals surface area (Å²) in [5.74, 6) is 1.38. The smallest absolute Gasteiger partial charge is 0.260 e. The van der Waals surface area contributed by atoms with Crippen molar-refractivity contribution in [2.45, 2.75) is 24.9 Å². The summed E-state index contributed by atoms with van der Waals surface area (Å²) >= 11 is 0. The van der Waals surface area contributed by atoms with Crippen molar-refractivity contribution in [2.24, 2.45) is 5.73 Å². The number of aromatic nitrogens is 2. The van der Waals surface area contributed by atoms with Crippen molar-refractivity contribution in [1.82, 2.24) is 15.1 Å². The highest BCUT2D eigenvalue weighted by Gasteiger charge is 2.35. The maximum absolute atomic E-state index is 14.0. The minimum Gasteiger partial charge on any atom is -0.493 e. The number of ether oxygens (including phenoxy) is 2. The second-order valence-electron chi connectivity index (χ2n) is 7.93. The molecule has 2 heterocycles. The van der Waals surface area contributed by atoms with Crippen molar-refractivity contribution in [3.8, 4) is 22.8 Å². The Bertz CT molecular complexity index is 1150. The van der Waals surface area contributed by atoms with E-state index in [1.807, 2.05) is 6.07 Å². The van der Waals surface area contributed by atoms with Gasteiger partial charge in [0.1, 0.15) is 11.9 Å². The number of carbonyl (C=O) groups is 1. The number of amides is 1. The molecule has 0 bridgehead atoms. The molecule has 3 aromatic rings. The van der Waals surface area contributed by atoms with E-state index in [0.717, 1.165) is 11.1 Å². The topological polar surface area (TPSA) is 103 Å². The van der Waals surface area contributed by atoms with E-state index in [1.165, 1.54) is 11.8 Å². The largest absolute Gasteiger partial charge is 0.493 e. The maximum atomic E-state index is 14.0. The number of nitrogens with zero attached hydrogens (tertiary/aromatic N) is 2. The third kappa shape index (κ3) is 4.67. The number of benzene rings is 2. The highest BCUT2D eigenvalue weighted by atomic mass is 19.3. The predicted molar refractivity (Wildman–Crippen MR) is 125 cm³/mol. The summed E-state index contributed by atoms with van der Waals surface area (Å²) < 4.78 is 40.0. The Morgan fingerprint density at radius 2 is 1.91 bits per heavy atom. The molecule has 180 valence electrons. The van der Waals surface area contributed by atoms with Crippen LogP contribution in [0.15, 0.2) is 48.5 Å². The van der Waals surface area contributed by atoms with E-state index in [1.54, 1.807) is 49.6 Å². The third-order valence-electron chi connectivity index (χ3n) is 5.82. The fourth-order valence-corrected chi connectivity index (χ4v) is 4.05. The van der Waals surface area contributed by atoms with Gasteiger partial charge in [-0.15, -0.1) is 0 Å². The zero-order chi connectivity index (χ0) is 24.2. The van der Waals surface area contributed by atoms with E-state index in [9.17, 15) is 13.6 Å². The first-order chi connectivity index (χ1) is 16.4. The summed E-state index contributed by atoms with van der Waals surface area (Å²) in [7, 11) is 3.08. The van der Waals surface area contributed by atoms with Crippen LogP contribution in [0.5, 0.6) is 11.5 Å². The van der Waals surface area contributed by atoms with Gasteiger partial charge >= 0.3 is 0 Å². The van der Waals surface area contributed by atoms with Gasteiger partial charge in [-0.05, 0) is 36.2 Å². The molecule has 0 fully saturated rings. The van der Waals surface area contributed by atoms with Gasteiger partial charge in [0.05, 0.1) is 26.0 Å². The van der Waals surface area contributed by atoms with E-state index in [0.29, 0.717) is 41.7 Å². The minimum absolute atomic E-state index is 0.154. The number of halogens is 2. The van der Waals surface area contributed by atoms with Gasteiger partial charge in [0.25, 0.3) is 12.3 Å². The van der Waals surface area contributed by atoms with Crippen LogP contribution in [0.1, 0.15) is 34.4 Å². The second-order valence-corrected chi connectivity index (χ2v) is 7.93. The van der Waals surface area contributed by atoms with Gasteiger partial charge in [-0.25, -0.2) is 13.5 Å². The molecule has 4 rings (SSSR count). The fourth-order valence-electron chi connectivity index (χ4n) is 4.05. The second kappa shape index (κ2) is 10.1. The number of hydrogen-bond acceptors (Lipinski definition) is 6. The third-order valence-corrected chi connectivity index (χ3v) is 5.82. The van der Waals surface area contributed by atoms with Crippen LogP contribution >= 0.6 is 0 Å². The lowest BCUT2D eigenvalue weighted by Gasteiger charge is -2.32. The number of nitrogens with two attached hydrogens (primary N) is 1. The van der Waals surface area contributed by atoms with Crippen molar-refractivity contribution in [1.29, 1.82) is 0 Å². The van der Waals surface area contributed by atoms with E-state index in [2.05, 4.69) is 15.7 Å². The number of fused-ring (bicyclic) bond motifs is 1. The molecule has 2 aromatic carbocycles. The van der Waals surface area contributed by atoms with Crippen molar-refractivity contribution >= 4 is 11.7 Å². The van der Waals surface area contributed by atoms with Gasteiger partial charge in [0, 0.05) is 30.3 Å². The summed E-state index contributed by atoms with van der Waals surface area (Å²) in [4.78, 5) is 12.1. The monoisotopic (exact) mass is 471 g/mol. The lowest BCUT2D eigenvalue weighted by molar-refractivity contribution is 0.0659. The van der Waals surface area contributed by atoms with Gasteiger partial charge in [-0.1, -0.05) is 18.2 Å². The van der Waals surface area contributed by atoms with Gasteiger partial charge in [-0.2, -0.15) is 5.10 Å². The van der Waals surface area contributed by atoms with Gasteiger partial charge < -0.3 is 25.8 Å². The van der Waals surface area contributed by atoms with Crippen LogP contribution in [0.4, 0.5) is 14.6 Å². The van der Waals surface area contributed by atoms with E-state index < -0.39 is 12.5 Å². The molecular weight excluding hydrogens is 444 g/mol. The molecule has 1 aliphatic heterocycles. The molecule has 4 N–H and O–H groups in total. The standard InChI is InChI=1S/C24H27F2N5O3/c1-33-20-8-7-16(11-21(20)34-2)17-12-19(23(25)26)31-22(29-17)13-18(30-31)14-3-5-15(6-4-14)24(32)28-10-9-27/h3-8,11,13,17,19,23,29H,9-10,12,27H2,1-2H3,(H,28,32). The number of nitrogens with one attached hydrogen (secondary N) is 2. The van der Waals surface area contributed by atoms with Gasteiger partial charge in [0.2, 0.25) is 0 Å². The summed E-state index contributed by atoms with van der Waals surface area (Å²) in [5, 5.41) is 10.5. The Morgan fingerprint density at radius 1 is 1.18 bits per heavy atom. The van der Waals surface area contributed by atoms with Crippen molar-refractivity contribution in [2.75, 3.05) is 32.6 Å². The van der Waals surface area contributed by atoms with Crippen molar-refractivity contribution in [3.63, 3.8) is 0 Å². The molecule has 1 aromatic heterocycles. The number of hydrogen-bond donors (Lipinski definition) is 3. The number of anilines is 1. The van der Waals surface area contributed by atoms with Crippen LogP contribution in [0.2, 0.25) is 0 Å². The van der Waals surface area contributed by atoms with Crippen LogP contribution in [0, 0.1) is 0 Å². The van der Waals surface area contributed by atoms with E-state index in [-0.39, 0.29) is 18.4 Å². The van der Waals surface area contributed by atoms with Crippen LogP contribution in [0.3, 0.4) is 0 Å². The maximum Gasteiger partial charge on any atom is 0.260 e. The zero-order valence-corrected chi connectivity index (χ0v) is 18.9. The minimum atomic E-state index is -2.59. The van der Waals surface area contributed by atoms with Crippen molar-refractivity contribution in [3.05, 3.63) is 59.7 Å². The molecule has 1 amide bonds. The van der Waals surface area contributed by atoms with Crippen LogP contribution in [-0.2, 0) is 0 Å². The van der Waals surface area contributed by atoms with Gasteiger partial charge in [0.15, 0.2) is 11.5 Å². The fraction of sp³-hybridized carbons (Fsp3) is 0.333. The average Bonchev–Trinajstić information content (AvgIpc) is 3.30. The Morgan fingerprint density at radius 3 is 2.56 bits per heavy atom. The summed E-state index contributed by atoms with van der Waals surface area (Å²) in [6.45, 7) is 0.739. The lowest BCUT2D eigenvalue weighted by atomic mass is 9.97. The Hall–Kier alpha value is -3.66. The van der Waals surface area contributed by atoms with Gasteiger partial charge in [-0.3, -0.25) is 4.79 Å². The number of carbonyl (C=O) groups excluding carboxylic acids is 1. The predicted octanol–water partition coefficient (Wildman–Crippen LogP) is 3.62. The Labute approximate surface area is 196 Å². The molecule has 10 heteroatoms. The molecule has 0 radical (unpaired) electrons. The van der Waals surface area contributed by atoms with Crippen LogP contribution in [0.25, 0.3) is 11.3 Å². The summed E-state index contributed by atoms with van der Waals surface area (Å²) in [6, 6.07) is 12.5. The molecular formula is C24H27F2N5O3. The molecule has 0 saturated carbocycles. The molecule has 0 aliphatic carbocycles. The molecule has 1 aliphatic rings. The summed E-state index contributed by atoms with van der Waals surface area (Å²) in [5.41, 5.74) is 7.96.